The Morgan fingerprint density at radius 3 is 3.00 bits per heavy atom. The highest BCUT2D eigenvalue weighted by atomic mass is 32.1. The van der Waals surface area contributed by atoms with Crippen molar-refractivity contribution in [3.8, 4) is 0 Å². The van der Waals surface area contributed by atoms with Gasteiger partial charge in [-0.3, -0.25) is 4.79 Å². The number of carboxylic acids is 1. The first-order chi connectivity index (χ1) is 8.09. The fraction of sp³-hybridized carbons (Fsp3) is 0.500. The summed E-state index contributed by atoms with van der Waals surface area (Å²) in [6.45, 7) is 2.51. The number of rotatable bonds is 2. The van der Waals surface area contributed by atoms with E-state index in [1.165, 1.54) is 22.4 Å². The van der Waals surface area contributed by atoms with Crippen LogP contribution in [0.1, 0.15) is 14.7 Å². The molecule has 1 aromatic rings. The molecule has 0 aromatic carbocycles. The van der Waals surface area contributed by atoms with Gasteiger partial charge in [-0.15, -0.1) is 11.3 Å². The molecule has 1 aromatic heterocycles. The maximum Gasteiger partial charge on any atom is 0.328 e. The molecule has 1 aliphatic rings. The van der Waals surface area contributed by atoms with Gasteiger partial charge in [-0.2, -0.15) is 0 Å². The van der Waals surface area contributed by atoms with Crippen molar-refractivity contribution in [2.75, 3.05) is 19.8 Å². The maximum absolute atomic E-state index is 12.1. The number of amides is 1. The molecule has 0 spiro atoms. The van der Waals surface area contributed by atoms with E-state index in [-0.39, 0.29) is 12.5 Å². The lowest BCUT2D eigenvalue weighted by Crippen LogP contribution is -2.52. The van der Waals surface area contributed by atoms with E-state index in [0.717, 1.165) is 5.01 Å². The van der Waals surface area contributed by atoms with E-state index in [1.807, 2.05) is 0 Å². The minimum Gasteiger partial charge on any atom is -0.480 e. The first-order valence-corrected chi connectivity index (χ1v) is 5.95. The Kier molecular flexibility index (Phi) is 3.39. The summed E-state index contributed by atoms with van der Waals surface area (Å²) in [7, 11) is 0. The van der Waals surface area contributed by atoms with E-state index >= 15 is 0 Å². The summed E-state index contributed by atoms with van der Waals surface area (Å²) in [5, 5.41) is 9.81. The summed E-state index contributed by atoms with van der Waals surface area (Å²) in [6, 6.07) is -0.904. The predicted molar refractivity (Wildman–Crippen MR) is 60.1 cm³/mol. The smallest absolute Gasteiger partial charge is 0.328 e. The summed E-state index contributed by atoms with van der Waals surface area (Å²) in [5.74, 6) is -1.33. The van der Waals surface area contributed by atoms with Gasteiger partial charge in [0.05, 0.1) is 24.4 Å². The minimum atomic E-state index is -1.04. The van der Waals surface area contributed by atoms with Gasteiger partial charge in [0.2, 0.25) is 0 Å². The number of hydrogen-bond acceptors (Lipinski definition) is 5. The Labute approximate surface area is 102 Å². The van der Waals surface area contributed by atoms with E-state index < -0.39 is 12.0 Å². The molecule has 1 atom stereocenters. The van der Waals surface area contributed by atoms with Gasteiger partial charge >= 0.3 is 5.97 Å². The Bertz CT molecular complexity index is 445. The number of aryl methyl sites for hydroxylation is 1. The van der Waals surface area contributed by atoms with Crippen molar-refractivity contribution in [3.63, 3.8) is 0 Å². The Hall–Kier alpha value is -1.47. The van der Waals surface area contributed by atoms with Crippen molar-refractivity contribution in [3.05, 3.63) is 16.1 Å². The van der Waals surface area contributed by atoms with E-state index in [4.69, 9.17) is 9.84 Å². The summed E-state index contributed by atoms with van der Waals surface area (Å²) >= 11 is 1.27. The van der Waals surface area contributed by atoms with Crippen molar-refractivity contribution >= 4 is 23.2 Å². The van der Waals surface area contributed by atoms with Crippen LogP contribution in [-0.4, -0.2) is 52.7 Å². The monoisotopic (exact) mass is 256 g/mol. The maximum atomic E-state index is 12.1. The van der Waals surface area contributed by atoms with Gasteiger partial charge in [-0.1, -0.05) is 0 Å². The van der Waals surface area contributed by atoms with Crippen LogP contribution in [0.15, 0.2) is 6.20 Å². The standard InChI is InChI=1S/C10H12N2O4S/c1-6-11-4-8(17-6)9(13)12-2-3-16-5-7(12)10(14)15/h4,7H,2-3,5H2,1H3,(H,14,15)/t7-/m0/s1. The fourth-order valence-electron chi connectivity index (χ4n) is 1.65. The molecule has 6 nitrogen and oxygen atoms in total. The van der Waals surface area contributed by atoms with E-state index in [9.17, 15) is 9.59 Å². The third-order valence-corrected chi connectivity index (χ3v) is 3.41. The Morgan fingerprint density at radius 2 is 2.41 bits per heavy atom. The molecule has 1 amide bonds. The zero-order chi connectivity index (χ0) is 12.4. The van der Waals surface area contributed by atoms with Gasteiger partial charge in [0.25, 0.3) is 5.91 Å². The number of nitrogens with zero attached hydrogens (tertiary/aromatic N) is 2. The SMILES string of the molecule is Cc1ncc(C(=O)N2CCOC[C@H]2C(=O)O)s1. The molecule has 17 heavy (non-hydrogen) atoms. The van der Waals surface area contributed by atoms with Crippen LogP contribution in [0.25, 0.3) is 0 Å². The molecule has 1 fully saturated rings. The number of carbonyl (C=O) groups excluding carboxylic acids is 1. The van der Waals surface area contributed by atoms with Crippen molar-refractivity contribution in [2.24, 2.45) is 0 Å². The molecule has 7 heteroatoms. The molecule has 0 saturated carbocycles. The normalized spacial score (nSPS) is 20.3. The van der Waals surface area contributed by atoms with Crippen molar-refractivity contribution < 1.29 is 19.4 Å². The Balaban J connectivity index is 2.19. The van der Waals surface area contributed by atoms with Crippen LogP contribution in [0.3, 0.4) is 0 Å². The zero-order valence-electron chi connectivity index (χ0n) is 9.25. The third kappa shape index (κ3) is 2.45. The molecule has 1 aliphatic heterocycles. The molecule has 0 bridgehead atoms. The number of thiazole rings is 1. The second-order valence-corrected chi connectivity index (χ2v) is 4.91. The van der Waals surface area contributed by atoms with Crippen LogP contribution in [0.5, 0.6) is 0 Å². The number of aliphatic carboxylic acids is 1. The molecule has 2 heterocycles. The second kappa shape index (κ2) is 4.80. The average Bonchev–Trinajstić information content (AvgIpc) is 2.75. The molecule has 0 radical (unpaired) electrons. The number of morpholine rings is 1. The minimum absolute atomic E-state index is 0.0405. The topological polar surface area (TPSA) is 79.7 Å². The molecular formula is C10H12N2O4S. The van der Waals surface area contributed by atoms with E-state index in [1.54, 1.807) is 6.92 Å². The first-order valence-electron chi connectivity index (χ1n) is 5.13. The number of aromatic nitrogens is 1. The third-order valence-electron chi connectivity index (χ3n) is 2.51. The highest BCUT2D eigenvalue weighted by Gasteiger charge is 2.33. The summed E-state index contributed by atoms with van der Waals surface area (Å²) in [6.07, 6.45) is 1.48. The van der Waals surface area contributed by atoms with E-state index in [0.29, 0.717) is 18.0 Å². The lowest BCUT2D eigenvalue weighted by Gasteiger charge is -2.32. The Morgan fingerprint density at radius 1 is 1.65 bits per heavy atom. The number of carboxylic acid groups (broad SMARTS) is 1. The average molecular weight is 256 g/mol. The largest absolute Gasteiger partial charge is 0.480 e. The van der Waals surface area contributed by atoms with Gasteiger partial charge in [0, 0.05) is 6.54 Å². The predicted octanol–water partition coefficient (Wildman–Crippen LogP) is 0.377. The van der Waals surface area contributed by atoms with Crippen LogP contribution in [0, 0.1) is 6.92 Å². The van der Waals surface area contributed by atoms with Gasteiger partial charge in [0.15, 0.2) is 6.04 Å². The highest BCUT2D eigenvalue weighted by molar-refractivity contribution is 7.13. The highest BCUT2D eigenvalue weighted by Crippen LogP contribution is 2.17. The van der Waals surface area contributed by atoms with E-state index in [2.05, 4.69) is 4.98 Å². The molecule has 0 unspecified atom stereocenters. The van der Waals surface area contributed by atoms with Crippen LogP contribution < -0.4 is 0 Å². The number of carbonyl (C=O) groups is 2. The summed E-state index contributed by atoms with van der Waals surface area (Å²) in [5.41, 5.74) is 0. The fourth-order valence-corrected chi connectivity index (χ4v) is 2.39. The molecule has 0 aliphatic carbocycles. The van der Waals surface area contributed by atoms with Crippen LogP contribution in [-0.2, 0) is 9.53 Å². The van der Waals surface area contributed by atoms with Crippen LogP contribution >= 0.6 is 11.3 Å². The van der Waals surface area contributed by atoms with Gasteiger partial charge in [-0.05, 0) is 6.92 Å². The van der Waals surface area contributed by atoms with Crippen molar-refractivity contribution in [1.82, 2.24) is 9.88 Å². The molecule has 1 N–H and O–H groups in total. The second-order valence-electron chi connectivity index (χ2n) is 3.67. The summed E-state index contributed by atoms with van der Waals surface area (Å²) < 4.78 is 5.08. The van der Waals surface area contributed by atoms with Crippen molar-refractivity contribution in [1.29, 1.82) is 0 Å². The molecule has 2 rings (SSSR count). The molecule has 1 saturated heterocycles. The quantitative estimate of drug-likeness (QED) is 0.827. The zero-order valence-corrected chi connectivity index (χ0v) is 10.1. The first kappa shape index (κ1) is 12.0. The lowest BCUT2D eigenvalue weighted by molar-refractivity contribution is -0.147. The van der Waals surface area contributed by atoms with Gasteiger partial charge < -0.3 is 14.7 Å². The molecule has 92 valence electrons. The molecular weight excluding hydrogens is 244 g/mol. The number of ether oxygens (including phenoxy) is 1. The number of hydrogen-bond donors (Lipinski definition) is 1. The van der Waals surface area contributed by atoms with Crippen LogP contribution in [0.2, 0.25) is 0 Å². The van der Waals surface area contributed by atoms with Gasteiger partial charge in [-0.25, -0.2) is 9.78 Å². The summed E-state index contributed by atoms with van der Waals surface area (Å²) in [4.78, 5) is 28.9. The lowest BCUT2D eigenvalue weighted by atomic mass is 10.2. The van der Waals surface area contributed by atoms with Gasteiger partial charge in [0.1, 0.15) is 4.88 Å². The van der Waals surface area contributed by atoms with Crippen LogP contribution in [0.4, 0.5) is 0 Å². The van der Waals surface area contributed by atoms with Crippen molar-refractivity contribution in [2.45, 2.75) is 13.0 Å².